The summed E-state index contributed by atoms with van der Waals surface area (Å²) in [6.45, 7) is 1.78. The number of methoxy groups -OCH3 is 8. The van der Waals surface area contributed by atoms with Crippen molar-refractivity contribution in [1.82, 2.24) is 31.9 Å². The van der Waals surface area contributed by atoms with Gasteiger partial charge in [0.25, 0.3) is 0 Å². The van der Waals surface area contributed by atoms with Gasteiger partial charge in [-0.1, -0.05) is 19.1 Å². The smallest absolute Gasteiger partial charge is 0.684 e. The van der Waals surface area contributed by atoms with Crippen LogP contribution < -0.4 is 41.4 Å². The van der Waals surface area contributed by atoms with Gasteiger partial charge in [0.1, 0.15) is 0 Å². The van der Waals surface area contributed by atoms with E-state index in [0.717, 1.165) is 23.8 Å². The van der Waals surface area contributed by atoms with Gasteiger partial charge in [-0.25, -0.2) is 0 Å². The van der Waals surface area contributed by atoms with Gasteiger partial charge < -0.3 is 98.6 Å². The van der Waals surface area contributed by atoms with Gasteiger partial charge in [-0.2, -0.15) is 13.2 Å². The molecule has 50 heteroatoms. The number of amides is 18. The van der Waals surface area contributed by atoms with Gasteiger partial charge in [-0.3, -0.25) is 89.4 Å². The SMILES string of the molecule is COC.COC.COC.COC.COC.COC.COc1cc(C)[c-]c(C(=O)[N-]C2CCC(=O)NC2=O)c1.O=C1CCC([N-]C(=O)c2[c-]c(C(F)(F)F)ccc2)C(=O)N1.O=C1CC[C@@H]([N-]C(=O)c2[c-]c(Cl)ccc2)C(=O)N1.O=C1CC[C@@H]([N-]C(=O)c2[c-]ccc(Cl)c2)C(=O)N1.O=C1CC[C@H]([N-]C(=O)c2[c-]c(Cl)ccc2)C(=O)N1.[2H]C([2H])([2H])Oc1[c-]c(C(=O)[N-]C2CCC(=O)NC2=O)ccc1.[W+2].[W+2].[W+2].[W+2].[W+2].[W+2]. The van der Waals surface area contributed by atoms with Crippen LogP contribution in [-0.4, -0.2) is 242 Å². The number of piperidine rings is 6. The minimum atomic E-state index is -4.62. The van der Waals surface area contributed by atoms with E-state index in [1.54, 1.807) is 129 Å². The largest absolute Gasteiger partial charge is 2.00 e. The second-order valence-electron chi connectivity index (χ2n) is 26.7. The van der Waals surface area contributed by atoms with Crippen molar-refractivity contribution in [3.05, 3.63) is 231 Å². The number of alkyl halides is 3. The quantitative estimate of drug-likeness (QED) is 0.0436. The Balaban J connectivity index is -0.000000371. The van der Waals surface area contributed by atoms with Crippen molar-refractivity contribution in [3.8, 4) is 11.5 Å². The van der Waals surface area contributed by atoms with Crippen molar-refractivity contribution in [2.75, 3.05) is 99.5 Å². The molecule has 6 N–H and O–H groups in total. The molecule has 0 aliphatic carbocycles. The van der Waals surface area contributed by atoms with E-state index >= 15 is 0 Å². The monoisotopic (exact) mass is 3010 g/mol. The Kier molecular flexibility index (Phi) is 75.1. The molecule has 6 heterocycles. The third-order valence-corrected chi connectivity index (χ3v) is 16.4. The Bertz CT molecular complexity index is 4820. The third-order valence-electron chi connectivity index (χ3n) is 15.8. The van der Waals surface area contributed by atoms with Crippen LogP contribution in [0.1, 0.15) is 154 Å². The molecule has 3 unspecified atom stereocenters. The van der Waals surface area contributed by atoms with Crippen molar-refractivity contribution < 1.29 is 268 Å². The summed E-state index contributed by atoms with van der Waals surface area (Å²) in [7, 11) is 18.3. The summed E-state index contributed by atoms with van der Waals surface area (Å²) < 4.78 is 93.8. The Morgan fingerprint density at radius 3 is 0.870 bits per heavy atom. The van der Waals surface area contributed by atoms with Gasteiger partial charge in [-0.05, 0) is 131 Å². The summed E-state index contributed by atoms with van der Waals surface area (Å²) in [5, 5.41) is 36.1. The Morgan fingerprint density at radius 1 is 0.348 bits per heavy atom. The number of imide groups is 6. The van der Waals surface area contributed by atoms with Crippen LogP contribution in [0.15, 0.2) is 103 Å². The summed E-state index contributed by atoms with van der Waals surface area (Å²) in [6.07, 6.45) is -2.54. The first kappa shape index (κ1) is 133. The molecule has 6 atom stereocenters. The predicted octanol–water partition coefficient (Wildman–Crippen LogP) is 9.70. The second kappa shape index (κ2) is 77.8. The molecule has 18 amide bonds. The zero-order valence-corrected chi connectivity index (χ0v) is 96.1. The van der Waals surface area contributed by atoms with E-state index in [-0.39, 0.29) is 266 Å². The molecule has 6 fully saturated rings. The molecule has 0 spiro atoms. The summed E-state index contributed by atoms with van der Waals surface area (Å²) in [5.41, 5.74) is 0.0946. The topological polar surface area (TPSA) is 538 Å². The number of nitrogens with one attached hydrogen (secondary N) is 6. The Hall–Kier alpha value is -8.87. The van der Waals surface area contributed by atoms with Crippen LogP contribution in [0.3, 0.4) is 0 Å². The van der Waals surface area contributed by atoms with Crippen LogP contribution in [0.5, 0.6) is 11.5 Å². The number of aryl methyl sites for hydroxylation is 1. The van der Waals surface area contributed by atoms with Crippen LogP contribution in [0.25, 0.3) is 31.9 Å². The molecule has 138 heavy (non-hydrogen) atoms. The first-order chi connectivity index (χ1) is 63.7. The molecule has 6 aromatic rings. The summed E-state index contributed by atoms with van der Waals surface area (Å²) in [6, 6.07) is 34.3. The number of carbonyl (C=O) groups excluding carboxylic acids is 18. The number of hydrogen-bond acceptors (Lipinski definition) is 26. The van der Waals surface area contributed by atoms with Gasteiger partial charge in [-0.15, -0.1) is 201 Å². The summed E-state index contributed by atoms with van der Waals surface area (Å²) >= 11 is 17.2. The fourth-order valence-electron chi connectivity index (χ4n) is 10.1. The molecule has 38 nitrogen and oxygen atoms in total. The molecule has 12 rings (SSSR count). The third kappa shape index (κ3) is 56.5. The maximum absolute atomic E-state index is 12.5. The van der Waals surface area contributed by atoms with E-state index in [1.807, 2.05) is 11.4 Å². The maximum atomic E-state index is 12.5. The molecular formula is C88H98Cl3F3N12O26W6. The molecule has 6 aromatic carbocycles. The number of benzene rings is 6. The number of nitrogens with zero attached hydrogens (tertiary/aromatic N) is 6. The minimum absolute atomic E-state index is 0. The fraction of sp³-hybridized carbons (Fsp3) is 0.386. The van der Waals surface area contributed by atoms with Gasteiger partial charge >= 0.3 is 133 Å². The molecule has 0 bridgehead atoms. The van der Waals surface area contributed by atoms with Crippen molar-refractivity contribution in [1.29, 1.82) is 0 Å². The first-order valence-corrected chi connectivity index (χ1v) is 39.7. The van der Waals surface area contributed by atoms with Crippen molar-refractivity contribution >= 4 is 141 Å². The minimum Gasteiger partial charge on any atom is -0.684 e. The van der Waals surface area contributed by atoms with Crippen LogP contribution in [-0.2, 0) is 219 Å². The molecular weight excluding hydrogens is 2910 g/mol. The van der Waals surface area contributed by atoms with E-state index in [0.29, 0.717) is 20.8 Å². The van der Waals surface area contributed by atoms with Gasteiger partial charge in [0.15, 0.2) is 0 Å². The summed E-state index contributed by atoms with van der Waals surface area (Å²) in [5.74, 6) is -9.26. The average Bonchev–Trinajstić information content (AvgIpc) is 0.821. The zero-order chi connectivity index (χ0) is 102. The van der Waals surface area contributed by atoms with E-state index in [2.05, 4.69) is 122 Å². The number of ether oxygens (including phenoxy) is 8. The zero-order valence-electron chi connectivity index (χ0n) is 79.3. The normalized spacial score (nSPS) is 16.9. The molecule has 6 aliphatic rings. The van der Waals surface area contributed by atoms with Crippen LogP contribution in [0.2, 0.25) is 15.1 Å². The van der Waals surface area contributed by atoms with Crippen molar-refractivity contribution in [2.45, 2.75) is 126 Å². The second-order valence-corrected chi connectivity index (χ2v) is 28.0. The van der Waals surface area contributed by atoms with Gasteiger partial charge in [0.2, 0.25) is 70.9 Å². The molecule has 0 radical (unpaired) electrons. The van der Waals surface area contributed by atoms with Crippen LogP contribution >= 0.6 is 34.8 Å². The Morgan fingerprint density at radius 2 is 0.609 bits per heavy atom. The molecule has 6 aliphatic heterocycles. The van der Waals surface area contributed by atoms with E-state index in [4.69, 9.17) is 43.7 Å². The predicted molar refractivity (Wildman–Crippen MR) is 470 cm³/mol. The van der Waals surface area contributed by atoms with E-state index < -0.39 is 138 Å². The van der Waals surface area contributed by atoms with Crippen molar-refractivity contribution in [3.63, 3.8) is 0 Å². The van der Waals surface area contributed by atoms with E-state index in [1.165, 1.54) is 55.6 Å². The van der Waals surface area contributed by atoms with Crippen LogP contribution in [0.4, 0.5) is 13.2 Å². The molecule has 744 valence electrons. The van der Waals surface area contributed by atoms with Crippen LogP contribution in [0, 0.1) is 43.3 Å². The molecule has 0 aromatic heterocycles. The summed E-state index contributed by atoms with van der Waals surface area (Å²) in [4.78, 5) is 206. The number of hydrogen-bond donors (Lipinski definition) is 6. The van der Waals surface area contributed by atoms with Gasteiger partial charge in [0.05, 0.1) is 18.3 Å². The Labute approximate surface area is 901 Å². The van der Waals surface area contributed by atoms with Crippen molar-refractivity contribution in [2.24, 2.45) is 0 Å². The maximum Gasteiger partial charge on any atom is 2.00 e. The average molecular weight is 3010 g/mol. The number of carbonyl (C=O) groups is 18. The number of halogens is 6. The molecule has 0 saturated carbocycles. The number of rotatable bonds is 14. The fourth-order valence-corrected chi connectivity index (χ4v) is 10.6. The van der Waals surface area contributed by atoms with Gasteiger partial charge in [0, 0.05) is 135 Å². The standard InChI is InChI=1S/C14H15N2O4.C13H10F3N2O3.C13H13N2O4.3C12H10ClN2O3.6C2H6O.6W/c1-8-5-9(7-10(6-8)20-2)13(18)15-11-3-4-12(17)16-14(11)19;14-13(15,16)8-3-1-2-7(6-8)11(20)17-9-4-5-10(19)18-12(9)21;1-19-9-4-2-3-8(7-9)12(17)14-10-5-6-11(16)15-13(10)18;3*13-8-3-1-2-7(6-8)11(17)14-9-4-5-10(16)15-12(9)18;6*1-3-2;;;;;;/h6-7,11H,3-4H2,1-2H3,(H2,15,16,17,18,19);1-3,9H,4-5H2,(H2,17,18,19,20,21);2-4,10H,5-6H2,1H3,(H2,14,15,16,17,18);1,3,6,9H,4-5H2,(H2,14,15,16,17,18);2*1-3,9H,4-5H2,(H2,14,15,16,17,18);6*1-2H3;;;;;;/q6*-1;;;;;;;6*+2/p-6/t;;;3*9-;;;;;;;;;;;;/m...110............/s1/i;;1D3;;;;;;;;;;;;;;;. The van der Waals surface area contributed by atoms with E-state index in [9.17, 15) is 99.5 Å². The molecule has 6 saturated heterocycles. The first-order valence-electron chi connectivity index (χ1n) is 40.0.